The van der Waals surface area contributed by atoms with Crippen LogP contribution in [0.2, 0.25) is 0 Å². The van der Waals surface area contributed by atoms with E-state index in [4.69, 9.17) is 0 Å². The topological polar surface area (TPSA) is 40.7 Å². The van der Waals surface area contributed by atoms with Gasteiger partial charge in [-0.05, 0) is 19.8 Å². The zero-order valence-corrected chi connectivity index (χ0v) is 8.89. The molecule has 0 aromatic carbocycles. The zero-order valence-electron chi connectivity index (χ0n) is 8.89. The van der Waals surface area contributed by atoms with Crippen LogP contribution in [0.3, 0.4) is 0 Å². The van der Waals surface area contributed by atoms with E-state index in [9.17, 15) is 0 Å². The normalized spacial score (nSPS) is 13.6. The summed E-state index contributed by atoms with van der Waals surface area (Å²) in [5.74, 6) is 0.666. The summed E-state index contributed by atoms with van der Waals surface area (Å²) >= 11 is 0. The first-order valence-electron chi connectivity index (χ1n) is 4.83. The number of imidazole rings is 1. The molecule has 0 fully saturated rings. The zero-order chi connectivity index (χ0) is 9.84. The number of aromatic nitrogens is 2. The lowest BCUT2D eigenvalue weighted by atomic mass is 10.1. The Morgan fingerprint density at radius 3 is 2.62 bits per heavy atom. The van der Waals surface area contributed by atoms with E-state index in [0.29, 0.717) is 12.0 Å². The Bertz CT molecular complexity index is 252. The summed E-state index contributed by atoms with van der Waals surface area (Å²) in [5, 5.41) is 3.44. The van der Waals surface area contributed by atoms with Gasteiger partial charge in [-0.15, -0.1) is 0 Å². The van der Waals surface area contributed by atoms with Gasteiger partial charge in [0.1, 0.15) is 0 Å². The lowest BCUT2D eigenvalue weighted by Crippen LogP contribution is -2.30. The third kappa shape index (κ3) is 2.84. The van der Waals surface area contributed by atoms with Gasteiger partial charge in [0.05, 0.1) is 12.0 Å². The van der Waals surface area contributed by atoms with Crippen LogP contribution in [0.25, 0.3) is 0 Å². The minimum Gasteiger partial charge on any atom is -0.348 e. The molecule has 0 aliphatic heterocycles. The summed E-state index contributed by atoms with van der Waals surface area (Å²) < 4.78 is 0. The van der Waals surface area contributed by atoms with Crippen molar-refractivity contribution in [2.24, 2.45) is 5.92 Å². The van der Waals surface area contributed by atoms with E-state index in [-0.39, 0.29) is 0 Å². The van der Waals surface area contributed by atoms with Crippen molar-refractivity contribution in [3.8, 4) is 0 Å². The first-order chi connectivity index (χ1) is 6.11. The molecule has 0 spiro atoms. The van der Waals surface area contributed by atoms with E-state index >= 15 is 0 Å². The molecule has 74 valence electrons. The minimum absolute atomic E-state index is 0.538. The predicted molar refractivity (Wildman–Crippen MR) is 54.5 cm³/mol. The molecular weight excluding hydrogens is 162 g/mol. The Kier molecular flexibility index (Phi) is 3.48. The molecule has 0 saturated heterocycles. The molecule has 0 radical (unpaired) electrons. The quantitative estimate of drug-likeness (QED) is 0.744. The second kappa shape index (κ2) is 4.42. The molecular formula is C10H19N3. The van der Waals surface area contributed by atoms with Crippen LogP contribution < -0.4 is 5.32 Å². The highest BCUT2D eigenvalue weighted by atomic mass is 15.0. The van der Waals surface area contributed by atoms with Gasteiger partial charge in [-0.25, -0.2) is 4.98 Å². The number of rotatable bonds is 4. The smallest absolute Gasteiger partial charge is 0.0925 e. The molecule has 3 heteroatoms. The highest BCUT2D eigenvalue weighted by Crippen LogP contribution is 2.03. The lowest BCUT2D eigenvalue weighted by Gasteiger charge is -2.16. The Labute approximate surface area is 80.0 Å². The summed E-state index contributed by atoms with van der Waals surface area (Å²) in [5.41, 5.74) is 2.27. The number of aryl methyl sites for hydroxylation is 1. The van der Waals surface area contributed by atoms with Crippen LogP contribution in [-0.4, -0.2) is 16.0 Å². The second-order valence-corrected chi connectivity index (χ2v) is 3.89. The molecule has 3 nitrogen and oxygen atoms in total. The van der Waals surface area contributed by atoms with Crippen molar-refractivity contribution in [2.45, 2.75) is 40.3 Å². The highest BCUT2D eigenvalue weighted by molar-refractivity contribution is 5.08. The maximum atomic E-state index is 4.23. The molecule has 0 saturated carbocycles. The van der Waals surface area contributed by atoms with Gasteiger partial charge in [0.25, 0.3) is 0 Å². The van der Waals surface area contributed by atoms with Crippen LogP contribution in [0, 0.1) is 12.8 Å². The van der Waals surface area contributed by atoms with Gasteiger partial charge in [0.15, 0.2) is 0 Å². The Morgan fingerprint density at radius 1 is 1.46 bits per heavy atom. The standard InChI is InChI=1S/C10H19N3/c1-7(2)8(3)11-5-10-9(4)12-6-13-10/h6-8,11H,5H2,1-4H3,(H,12,13). The summed E-state index contributed by atoms with van der Waals surface area (Å²) in [4.78, 5) is 7.30. The van der Waals surface area contributed by atoms with E-state index in [1.54, 1.807) is 6.33 Å². The molecule has 13 heavy (non-hydrogen) atoms. The van der Waals surface area contributed by atoms with Crippen LogP contribution in [0.4, 0.5) is 0 Å². The fourth-order valence-electron chi connectivity index (χ4n) is 1.06. The fraction of sp³-hybridized carbons (Fsp3) is 0.700. The molecule has 1 unspecified atom stereocenters. The number of nitrogens with zero attached hydrogens (tertiary/aromatic N) is 1. The molecule has 0 amide bonds. The second-order valence-electron chi connectivity index (χ2n) is 3.89. The molecule has 1 aromatic heterocycles. The van der Waals surface area contributed by atoms with Crippen molar-refractivity contribution in [3.63, 3.8) is 0 Å². The predicted octanol–water partition coefficient (Wildman–Crippen LogP) is 1.85. The Morgan fingerprint density at radius 2 is 2.15 bits per heavy atom. The van der Waals surface area contributed by atoms with Crippen LogP contribution in [0.15, 0.2) is 6.33 Å². The van der Waals surface area contributed by atoms with Crippen molar-refractivity contribution in [1.29, 1.82) is 0 Å². The van der Waals surface area contributed by atoms with Gasteiger partial charge < -0.3 is 10.3 Å². The number of hydrogen-bond acceptors (Lipinski definition) is 2. The van der Waals surface area contributed by atoms with Crippen LogP contribution in [-0.2, 0) is 6.54 Å². The molecule has 0 bridgehead atoms. The number of aromatic amines is 1. The van der Waals surface area contributed by atoms with Gasteiger partial charge in [0.2, 0.25) is 0 Å². The van der Waals surface area contributed by atoms with Gasteiger partial charge in [0, 0.05) is 18.3 Å². The minimum atomic E-state index is 0.538. The molecule has 0 aliphatic carbocycles. The summed E-state index contributed by atoms with van der Waals surface area (Å²) in [6.45, 7) is 9.54. The third-order valence-electron chi connectivity index (χ3n) is 2.53. The largest absolute Gasteiger partial charge is 0.348 e. The average molecular weight is 181 g/mol. The summed E-state index contributed by atoms with van der Waals surface area (Å²) in [7, 11) is 0. The highest BCUT2D eigenvalue weighted by Gasteiger charge is 2.07. The van der Waals surface area contributed by atoms with E-state index in [2.05, 4.69) is 36.1 Å². The molecule has 2 N–H and O–H groups in total. The summed E-state index contributed by atoms with van der Waals surface area (Å²) in [6, 6.07) is 0.538. The van der Waals surface area contributed by atoms with Crippen molar-refractivity contribution in [3.05, 3.63) is 17.7 Å². The van der Waals surface area contributed by atoms with Crippen molar-refractivity contribution in [1.82, 2.24) is 15.3 Å². The molecule has 1 aromatic rings. The fourth-order valence-corrected chi connectivity index (χ4v) is 1.06. The molecule has 0 aliphatic rings. The lowest BCUT2D eigenvalue weighted by molar-refractivity contribution is 0.424. The van der Waals surface area contributed by atoms with E-state index in [0.717, 1.165) is 17.9 Å². The van der Waals surface area contributed by atoms with Gasteiger partial charge in [-0.3, -0.25) is 0 Å². The molecule has 1 rings (SSSR count). The Balaban J connectivity index is 2.39. The number of H-pyrrole nitrogens is 1. The molecule has 1 atom stereocenters. The van der Waals surface area contributed by atoms with Gasteiger partial charge >= 0.3 is 0 Å². The number of hydrogen-bond donors (Lipinski definition) is 2. The van der Waals surface area contributed by atoms with E-state index < -0.39 is 0 Å². The van der Waals surface area contributed by atoms with Crippen molar-refractivity contribution in [2.75, 3.05) is 0 Å². The van der Waals surface area contributed by atoms with Gasteiger partial charge in [-0.2, -0.15) is 0 Å². The van der Waals surface area contributed by atoms with E-state index in [1.165, 1.54) is 0 Å². The maximum Gasteiger partial charge on any atom is 0.0925 e. The monoisotopic (exact) mass is 181 g/mol. The third-order valence-corrected chi connectivity index (χ3v) is 2.53. The van der Waals surface area contributed by atoms with Crippen LogP contribution in [0.1, 0.15) is 32.2 Å². The van der Waals surface area contributed by atoms with Crippen LogP contribution >= 0.6 is 0 Å². The number of nitrogens with one attached hydrogen (secondary N) is 2. The molecule has 1 heterocycles. The maximum absolute atomic E-state index is 4.23. The Hall–Kier alpha value is -0.830. The first kappa shape index (κ1) is 10.3. The SMILES string of the molecule is Cc1[nH]cnc1CNC(C)C(C)C. The van der Waals surface area contributed by atoms with Gasteiger partial charge in [-0.1, -0.05) is 13.8 Å². The van der Waals surface area contributed by atoms with Crippen LogP contribution in [0.5, 0.6) is 0 Å². The van der Waals surface area contributed by atoms with Crippen molar-refractivity contribution >= 4 is 0 Å². The van der Waals surface area contributed by atoms with E-state index in [1.807, 2.05) is 6.92 Å². The average Bonchev–Trinajstić information content (AvgIpc) is 2.47. The summed E-state index contributed by atoms with van der Waals surface area (Å²) in [6.07, 6.45) is 1.74. The van der Waals surface area contributed by atoms with Crippen molar-refractivity contribution < 1.29 is 0 Å². The first-order valence-corrected chi connectivity index (χ1v) is 4.83.